The number of hydrogen-bond acceptors (Lipinski definition) is 2. The van der Waals surface area contributed by atoms with Gasteiger partial charge in [0.15, 0.2) is 0 Å². The molecule has 2 aromatic carbocycles. The summed E-state index contributed by atoms with van der Waals surface area (Å²) in [7, 11) is -3.75. The fourth-order valence-electron chi connectivity index (χ4n) is 2.38. The molecule has 0 aliphatic carbocycles. The van der Waals surface area contributed by atoms with Crippen molar-refractivity contribution < 1.29 is 8.42 Å². The minimum atomic E-state index is -3.75. The van der Waals surface area contributed by atoms with E-state index in [-0.39, 0.29) is 4.90 Å². The Morgan fingerprint density at radius 1 is 0.958 bits per heavy atom. The zero-order chi connectivity index (χ0) is 17.0. The highest BCUT2D eigenvalue weighted by atomic mass is 32.2. The average molecular weight is 338 g/mol. The van der Waals surface area contributed by atoms with Crippen LogP contribution in [0, 0.1) is 6.92 Å². The lowest BCUT2D eigenvalue weighted by molar-refractivity contribution is 0.598. The summed E-state index contributed by atoms with van der Waals surface area (Å²) in [6.45, 7) is 1.92. The number of nitrogens with one attached hydrogen (secondary N) is 1. The van der Waals surface area contributed by atoms with Gasteiger partial charge in [0, 0.05) is 12.6 Å². The molecule has 0 aliphatic rings. The predicted molar refractivity (Wildman–Crippen MR) is 95.8 cm³/mol. The topological polar surface area (TPSA) is 62.3 Å². The lowest BCUT2D eigenvalue weighted by Crippen LogP contribution is -2.10. The van der Waals surface area contributed by atoms with E-state index in [1.165, 1.54) is 0 Å². The number of aromatic nitrogens is 1. The van der Waals surface area contributed by atoms with Gasteiger partial charge >= 0.3 is 0 Å². The van der Waals surface area contributed by atoms with E-state index in [0.29, 0.717) is 17.8 Å². The highest BCUT2D eigenvalue weighted by Crippen LogP contribution is 2.16. The molecule has 0 radical (unpaired) electrons. The van der Waals surface area contributed by atoms with Gasteiger partial charge in [0.05, 0.1) is 16.3 Å². The van der Waals surface area contributed by atoms with Gasteiger partial charge in [0.2, 0.25) is 0 Å². The molecule has 1 heterocycles. The van der Waals surface area contributed by atoms with Crippen molar-refractivity contribution in [3.05, 3.63) is 89.7 Å². The molecule has 0 bridgehead atoms. The van der Waals surface area contributed by atoms with Crippen molar-refractivity contribution in [3.63, 3.8) is 0 Å². The summed E-state index contributed by atoms with van der Waals surface area (Å²) < 4.78 is 29.4. The number of hydrogen-bond donors (Lipinski definition) is 1. The number of sulfonamides is 1. The van der Waals surface area contributed by atoms with Crippen LogP contribution in [0.15, 0.2) is 82.2 Å². The summed E-state index contributed by atoms with van der Waals surface area (Å²) in [6, 6.07) is 20.1. The SMILES string of the molecule is Cc1ccc(S(=O)(=O)/N=C(\Cc2ccccc2)c2ccc[nH]2)cc1. The summed E-state index contributed by atoms with van der Waals surface area (Å²) in [5.74, 6) is 0. The van der Waals surface area contributed by atoms with Crippen LogP contribution in [-0.2, 0) is 16.4 Å². The summed E-state index contributed by atoms with van der Waals surface area (Å²) in [5.41, 5.74) is 3.21. The first kappa shape index (κ1) is 16.2. The molecule has 5 heteroatoms. The van der Waals surface area contributed by atoms with Crippen LogP contribution in [0.2, 0.25) is 0 Å². The van der Waals surface area contributed by atoms with Gasteiger partial charge in [0.1, 0.15) is 0 Å². The van der Waals surface area contributed by atoms with E-state index >= 15 is 0 Å². The zero-order valence-corrected chi connectivity index (χ0v) is 14.1. The Labute approximate surface area is 142 Å². The molecule has 0 atom stereocenters. The second-order valence-electron chi connectivity index (χ2n) is 5.57. The second-order valence-corrected chi connectivity index (χ2v) is 7.18. The van der Waals surface area contributed by atoms with Crippen molar-refractivity contribution in [2.75, 3.05) is 0 Å². The maximum atomic E-state index is 12.6. The number of benzene rings is 2. The zero-order valence-electron chi connectivity index (χ0n) is 13.3. The minimum absolute atomic E-state index is 0.199. The Morgan fingerprint density at radius 3 is 2.29 bits per heavy atom. The number of H-pyrrole nitrogens is 1. The van der Waals surface area contributed by atoms with E-state index in [1.807, 2.05) is 49.4 Å². The largest absolute Gasteiger partial charge is 0.360 e. The lowest BCUT2D eigenvalue weighted by Gasteiger charge is -2.07. The molecule has 1 aromatic heterocycles. The summed E-state index contributed by atoms with van der Waals surface area (Å²) in [6.07, 6.45) is 2.20. The first-order valence-electron chi connectivity index (χ1n) is 7.63. The molecule has 122 valence electrons. The molecule has 0 saturated heterocycles. The predicted octanol–water partition coefficient (Wildman–Crippen LogP) is 3.74. The normalized spacial score (nSPS) is 12.3. The molecule has 0 unspecified atom stereocenters. The van der Waals surface area contributed by atoms with Crippen molar-refractivity contribution >= 4 is 15.7 Å². The van der Waals surface area contributed by atoms with Gasteiger partial charge in [-0.15, -0.1) is 0 Å². The van der Waals surface area contributed by atoms with Gasteiger partial charge < -0.3 is 4.98 Å². The Kier molecular flexibility index (Phi) is 4.62. The third-order valence-electron chi connectivity index (χ3n) is 3.67. The highest BCUT2D eigenvalue weighted by Gasteiger charge is 2.16. The van der Waals surface area contributed by atoms with E-state index in [4.69, 9.17) is 0 Å². The van der Waals surface area contributed by atoms with Crippen LogP contribution in [-0.4, -0.2) is 19.1 Å². The van der Waals surface area contributed by atoms with Crippen LogP contribution in [0.4, 0.5) is 0 Å². The summed E-state index contributed by atoms with van der Waals surface area (Å²) >= 11 is 0. The molecular weight excluding hydrogens is 320 g/mol. The van der Waals surface area contributed by atoms with E-state index < -0.39 is 10.0 Å². The van der Waals surface area contributed by atoms with E-state index in [2.05, 4.69) is 9.38 Å². The minimum Gasteiger partial charge on any atom is -0.360 e. The molecule has 0 spiro atoms. The van der Waals surface area contributed by atoms with Crippen LogP contribution in [0.1, 0.15) is 16.8 Å². The Hall–Kier alpha value is -2.66. The van der Waals surface area contributed by atoms with Gasteiger partial charge in [-0.25, -0.2) is 0 Å². The molecule has 3 aromatic rings. The Bertz CT molecular complexity index is 927. The van der Waals surface area contributed by atoms with Crippen LogP contribution in [0.5, 0.6) is 0 Å². The molecule has 0 fully saturated rings. The number of rotatable bonds is 5. The third kappa shape index (κ3) is 3.81. The Balaban J connectivity index is 2.01. The molecular formula is C19H18N2O2S. The summed E-state index contributed by atoms with van der Waals surface area (Å²) in [5, 5.41) is 0. The molecule has 0 saturated carbocycles. The van der Waals surface area contributed by atoms with Gasteiger partial charge in [-0.1, -0.05) is 48.0 Å². The smallest absolute Gasteiger partial charge is 0.282 e. The Morgan fingerprint density at radius 2 is 1.67 bits per heavy atom. The van der Waals surface area contributed by atoms with Crippen molar-refractivity contribution in [3.8, 4) is 0 Å². The fourth-order valence-corrected chi connectivity index (χ4v) is 3.42. The van der Waals surface area contributed by atoms with Crippen LogP contribution in [0.25, 0.3) is 0 Å². The lowest BCUT2D eigenvalue weighted by atomic mass is 10.1. The number of aromatic amines is 1. The molecule has 24 heavy (non-hydrogen) atoms. The van der Waals surface area contributed by atoms with Gasteiger partial charge in [0.25, 0.3) is 10.0 Å². The average Bonchev–Trinajstić information content (AvgIpc) is 3.10. The quantitative estimate of drug-likeness (QED) is 0.720. The standard InChI is InChI=1S/C19H18N2O2S/c1-15-9-11-17(12-10-15)24(22,23)21-19(18-8-5-13-20-18)14-16-6-3-2-4-7-16/h2-13,20H,14H2,1H3/b21-19+. The second kappa shape index (κ2) is 6.84. The molecule has 1 N–H and O–H groups in total. The van der Waals surface area contributed by atoms with Crippen LogP contribution in [0.3, 0.4) is 0 Å². The van der Waals surface area contributed by atoms with Crippen LogP contribution >= 0.6 is 0 Å². The molecule has 0 aliphatic heterocycles. The third-order valence-corrected chi connectivity index (χ3v) is 5.00. The molecule has 0 amide bonds. The number of aryl methyl sites for hydroxylation is 1. The highest BCUT2D eigenvalue weighted by molar-refractivity contribution is 7.90. The first-order chi connectivity index (χ1) is 11.5. The van der Waals surface area contributed by atoms with Crippen LogP contribution < -0.4 is 0 Å². The van der Waals surface area contributed by atoms with Crippen molar-refractivity contribution in [1.29, 1.82) is 0 Å². The van der Waals surface area contributed by atoms with Gasteiger partial charge in [-0.3, -0.25) is 0 Å². The summed E-state index contributed by atoms with van der Waals surface area (Å²) in [4.78, 5) is 3.24. The van der Waals surface area contributed by atoms with Gasteiger partial charge in [-0.2, -0.15) is 12.8 Å². The van der Waals surface area contributed by atoms with E-state index in [0.717, 1.165) is 11.1 Å². The number of nitrogens with zero attached hydrogens (tertiary/aromatic N) is 1. The van der Waals surface area contributed by atoms with Gasteiger partial charge in [-0.05, 0) is 36.8 Å². The van der Waals surface area contributed by atoms with Crippen molar-refractivity contribution in [2.45, 2.75) is 18.2 Å². The van der Waals surface area contributed by atoms with Crippen molar-refractivity contribution in [1.82, 2.24) is 4.98 Å². The van der Waals surface area contributed by atoms with E-state index in [1.54, 1.807) is 30.5 Å². The maximum absolute atomic E-state index is 12.6. The maximum Gasteiger partial charge on any atom is 0.282 e. The molecule has 3 rings (SSSR count). The first-order valence-corrected chi connectivity index (χ1v) is 9.07. The monoisotopic (exact) mass is 338 g/mol. The fraction of sp³-hybridized carbons (Fsp3) is 0.105. The molecule has 4 nitrogen and oxygen atoms in total. The van der Waals surface area contributed by atoms with Crippen molar-refractivity contribution in [2.24, 2.45) is 4.40 Å². The van der Waals surface area contributed by atoms with E-state index in [9.17, 15) is 8.42 Å².